The van der Waals surface area contributed by atoms with E-state index in [1.807, 2.05) is 0 Å². The van der Waals surface area contributed by atoms with Crippen molar-refractivity contribution in [3.05, 3.63) is 34.4 Å². The van der Waals surface area contributed by atoms with Crippen molar-refractivity contribution in [2.24, 2.45) is 17.8 Å². The summed E-state index contributed by atoms with van der Waals surface area (Å²) in [5.74, 6) is 1.05. The first-order chi connectivity index (χ1) is 10.6. The molecule has 3 N–H and O–H groups in total. The number of nitrogens with one attached hydrogen (secondary N) is 2. The molecule has 0 heterocycles. The number of urea groups is 1. The van der Waals surface area contributed by atoms with Crippen LogP contribution in [-0.2, 0) is 0 Å². The van der Waals surface area contributed by atoms with Crippen molar-refractivity contribution >= 4 is 17.4 Å². The van der Waals surface area contributed by atoms with Gasteiger partial charge in [-0.15, -0.1) is 0 Å². The average Bonchev–Trinajstić information content (AvgIpc) is 3.08. The van der Waals surface area contributed by atoms with Crippen LogP contribution in [0.5, 0.6) is 0 Å². The van der Waals surface area contributed by atoms with Gasteiger partial charge in [0.25, 0.3) is 5.69 Å². The normalized spacial score (nSPS) is 29.3. The van der Waals surface area contributed by atoms with Gasteiger partial charge in [-0.25, -0.2) is 4.79 Å². The Morgan fingerprint density at radius 1 is 1.36 bits per heavy atom. The van der Waals surface area contributed by atoms with Crippen LogP contribution in [0.1, 0.15) is 19.3 Å². The molecule has 2 bridgehead atoms. The summed E-state index contributed by atoms with van der Waals surface area (Å²) in [7, 11) is 0. The van der Waals surface area contributed by atoms with E-state index in [9.17, 15) is 20.0 Å². The van der Waals surface area contributed by atoms with Crippen molar-refractivity contribution in [2.45, 2.75) is 25.3 Å². The van der Waals surface area contributed by atoms with Crippen LogP contribution < -0.4 is 10.6 Å². The highest BCUT2D eigenvalue weighted by molar-refractivity contribution is 5.89. The zero-order valence-electron chi connectivity index (χ0n) is 12.1. The van der Waals surface area contributed by atoms with Crippen LogP contribution in [0, 0.1) is 27.9 Å². The van der Waals surface area contributed by atoms with Crippen LogP contribution in [0.2, 0.25) is 0 Å². The second kappa shape index (κ2) is 5.92. The maximum atomic E-state index is 12.1. The summed E-state index contributed by atoms with van der Waals surface area (Å²) in [5, 5.41) is 25.8. The Labute approximate surface area is 127 Å². The molecule has 0 aliphatic heterocycles. The summed E-state index contributed by atoms with van der Waals surface area (Å²) >= 11 is 0. The molecule has 0 saturated heterocycles. The fourth-order valence-corrected chi connectivity index (χ4v) is 3.91. The highest BCUT2D eigenvalue weighted by Gasteiger charge is 2.47. The molecule has 2 aliphatic carbocycles. The molecule has 0 aromatic heterocycles. The lowest BCUT2D eigenvalue weighted by Crippen LogP contribution is -2.46. The lowest BCUT2D eigenvalue weighted by molar-refractivity contribution is -0.384. The Bertz CT molecular complexity index is 592. The Balaban J connectivity index is 1.63. The van der Waals surface area contributed by atoms with E-state index in [0.717, 1.165) is 19.3 Å². The standard InChI is InChI=1S/C15H19N3O4/c19-8-13-9-4-5-10(6-9)14(13)17-15(20)16-11-2-1-3-12(7-11)18(21)22/h1-3,7,9-10,13-14,19H,4-6,8H2,(H2,16,17,20). The van der Waals surface area contributed by atoms with Crippen LogP contribution in [0.3, 0.4) is 0 Å². The number of benzene rings is 1. The number of aliphatic hydroxyl groups is 1. The highest BCUT2D eigenvalue weighted by atomic mass is 16.6. The van der Waals surface area contributed by atoms with Gasteiger partial charge in [0.2, 0.25) is 0 Å². The Morgan fingerprint density at radius 3 is 2.86 bits per heavy atom. The topological polar surface area (TPSA) is 104 Å². The zero-order chi connectivity index (χ0) is 15.7. The second-order valence-corrected chi connectivity index (χ2v) is 6.11. The molecule has 0 spiro atoms. The lowest BCUT2D eigenvalue weighted by atomic mass is 9.85. The van der Waals surface area contributed by atoms with Gasteiger partial charge in [-0.1, -0.05) is 6.07 Å². The molecule has 7 nitrogen and oxygen atoms in total. The van der Waals surface area contributed by atoms with Gasteiger partial charge in [-0.3, -0.25) is 10.1 Å². The minimum absolute atomic E-state index is 0.0116. The smallest absolute Gasteiger partial charge is 0.319 e. The number of aliphatic hydroxyl groups excluding tert-OH is 1. The first-order valence-electron chi connectivity index (χ1n) is 7.51. The summed E-state index contributed by atoms with van der Waals surface area (Å²) in [6, 6.07) is 5.45. The van der Waals surface area contributed by atoms with E-state index in [1.54, 1.807) is 6.07 Å². The molecule has 2 saturated carbocycles. The van der Waals surface area contributed by atoms with Crippen molar-refractivity contribution in [1.82, 2.24) is 5.32 Å². The van der Waals surface area contributed by atoms with Crippen LogP contribution >= 0.6 is 0 Å². The third kappa shape index (κ3) is 2.76. The quantitative estimate of drug-likeness (QED) is 0.585. The minimum atomic E-state index is -0.499. The molecule has 7 heteroatoms. The molecule has 4 atom stereocenters. The number of hydrogen-bond donors (Lipinski definition) is 3. The van der Waals surface area contributed by atoms with Gasteiger partial charge in [-0.05, 0) is 37.2 Å². The molecular weight excluding hydrogens is 286 g/mol. The molecular formula is C15H19N3O4. The number of amides is 2. The summed E-state index contributed by atoms with van der Waals surface area (Å²) in [6.07, 6.45) is 3.27. The number of nitrogens with zero attached hydrogens (tertiary/aromatic N) is 1. The number of fused-ring (bicyclic) bond motifs is 2. The van der Waals surface area contributed by atoms with E-state index < -0.39 is 4.92 Å². The molecule has 2 fully saturated rings. The fourth-order valence-electron chi connectivity index (χ4n) is 3.91. The number of hydrogen-bond acceptors (Lipinski definition) is 4. The van der Waals surface area contributed by atoms with Gasteiger partial charge >= 0.3 is 6.03 Å². The van der Waals surface area contributed by atoms with Gasteiger partial charge in [-0.2, -0.15) is 0 Å². The molecule has 4 unspecified atom stereocenters. The van der Waals surface area contributed by atoms with Gasteiger partial charge in [0.05, 0.1) is 4.92 Å². The molecule has 22 heavy (non-hydrogen) atoms. The predicted molar refractivity (Wildman–Crippen MR) is 80.4 cm³/mol. The number of nitro groups is 1. The van der Waals surface area contributed by atoms with Crippen molar-refractivity contribution in [3.8, 4) is 0 Å². The Hall–Kier alpha value is -2.15. The van der Waals surface area contributed by atoms with E-state index in [0.29, 0.717) is 17.5 Å². The fraction of sp³-hybridized carbons (Fsp3) is 0.533. The van der Waals surface area contributed by atoms with E-state index in [1.165, 1.54) is 18.2 Å². The minimum Gasteiger partial charge on any atom is -0.396 e. The maximum Gasteiger partial charge on any atom is 0.319 e. The first kappa shape index (κ1) is 14.8. The first-order valence-corrected chi connectivity index (χ1v) is 7.51. The molecule has 2 aliphatic rings. The molecule has 118 valence electrons. The average molecular weight is 305 g/mol. The number of non-ortho nitro benzene ring substituents is 1. The Kier molecular flexibility index (Phi) is 3.98. The van der Waals surface area contributed by atoms with E-state index >= 15 is 0 Å². The summed E-state index contributed by atoms with van der Waals surface area (Å²) in [6.45, 7) is 0.0862. The van der Waals surface area contributed by atoms with Crippen LogP contribution in [0.25, 0.3) is 0 Å². The van der Waals surface area contributed by atoms with Crippen molar-refractivity contribution in [2.75, 3.05) is 11.9 Å². The van der Waals surface area contributed by atoms with Gasteiger partial charge in [0, 0.05) is 36.4 Å². The second-order valence-electron chi connectivity index (χ2n) is 6.11. The van der Waals surface area contributed by atoms with Crippen molar-refractivity contribution in [1.29, 1.82) is 0 Å². The number of carbonyl (C=O) groups is 1. The molecule has 2 amide bonds. The van der Waals surface area contributed by atoms with E-state index in [-0.39, 0.29) is 30.3 Å². The molecule has 1 aromatic carbocycles. The van der Waals surface area contributed by atoms with Crippen LogP contribution in [-0.4, -0.2) is 28.7 Å². The maximum absolute atomic E-state index is 12.1. The van der Waals surface area contributed by atoms with Crippen molar-refractivity contribution in [3.63, 3.8) is 0 Å². The van der Waals surface area contributed by atoms with Crippen LogP contribution in [0.15, 0.2) is 24.3 Å². The Morgan fingerprint density at radius 2 is 2.14 bits per heavy atom. The van der Waals surface area contributed by atoms with Gasteiger partial charge < -0.3 is 15.7 Å². The summed E-state index contributed by atoms with van der Waals surface area (Å²) < 4.78 is 0. The number of nitro benzene ring substituents is 1. The van der Waals surface area contributed by atoms with Crippen LogP contribution in [0.4, 0.5) is 16.2 Å². The number of anilines is 1. The van der Waals surface area contributed by atoms with E-state index in [4.69, 9.17) is 0 Å². The zero-order valence-corrected chi connectivity index (χ0v) is 12.1. The van der Waals surface area contributed by atoms with Gasteiger partial charge in [0.1, 0.15) is 0 Å². The predicted octanol–water partition coefficient (Wildman–Crippen LogP) is 2.12. The third-order valence-corrected chi connectivity index (χ3v) is 4.91. The van der Waals surface area contributed by atoms with E-state index in [2.05, 4.69) is 10.6 Å². The van der Waals surface area contributed by atoms with Gasteiger partial charge in [0.15, 0.2) is 0 Å². The monoisotopic (exact) mass is 305 g/mol. The highest BCUT2D eigenvalue weighted by Crippen LogP contribution is 2.48. The molecule has 3 rings (SSSR count). The molecule has 1 aromatic rings. The largest absolute Gasteiger partial charge is 0.396 e. The molecule has 0 radical (unpaired) electrons. The third-order valence-electron chi connectivity index (χ3n) is 4.91. The van der Waals surface area contributed by atoms with Crippen molar-refractivity contribution < 1.29 is 14.8 Å². The summed E-state index contributed by atoms with van der Waals surface area (Å²) in [4.78, 5) is 22.4. The SMILES string of the molecule is O=C(Nc1cccc([N+](=O)[O-])c1)NC1C2CCC(C2)C1CO. The number of rotatable bonds is 4. The lowest BCUT2D eigenvalue weighted by Gasteiger charge is -2.30. The summed E-state index contributed by atoms with van der Waals surface area (Å²) in [5.41, 5.74) is 0.321. The number of carbonyl (C=O) groups excluding carboxylic acids is 1.